The molecule has 0 atom stereocenters. The van der Waals surface area contributed by atoms with Crippen LogP contribution in [-0.2, 0) is 21.2 Å². The number of hydrogen-bond acceptors (Lipinski definition) is 8. The number of anilines is 2. The van der Waals surface area contributed by atoms with Crippen LogP contribution in [0.25, 0.3) is 11.5 Å². The van der Waals surface area contributed by atoms with E-state index in [1.807, 2.05) is 24.3 Å². The van der Waals surface area contributed by atoms with Gasteiger partial charge in [0.1, 0.15) is 5.75 Å². The minimum absolute atomic E-state index is 0.0156. The minimum atomic E-state index is -3.75. The van der Waals surface area contributed by atoms with Crippen LogP contribution in [0, 0.1) is 0 Å². The van der Waals surface area contributed by atoms with Crippen LogP contribution in [0.3, 0.4) is 0 Å². The number of rotatable bonds is 8. The topological polar surface area (TPSA) is 115 Å². The van der Waals surface area contributed by atoms with Crippen LogP contribution in [0.5, 0.6) is 5.75 Å². The average Bonchev–Trinajstić information content (AvgIpc) is 3.55. The molecule has 11 heteroatoms. The first kappa shape index (κ1) is 23.9. The van der Waals surface area contributed by atoms with Gasteiger partial charge in [0.15, 0.2) is 0 Å². The van der Waals surface area contributed by atoms with E-state index < -0.39 is 10.0 Å². The van der Waals surface area contributed by atoms with Gasteiger partial charge in [0.05, 0.1) is 17.8 Å². The summed E-state index contributed by atoms with van der Waals surface area (Å²) in [6.07, 6.45) is 0.851. The molecule has 0 fully saturated rings. The Morgan fingerprint density at radius 2 is 1.81 bits per heavy atom. The zero-order chi connectivity index (χ0) is 25.1. The number of ether oxygens (including phenoxy) is 1. The molecule has 0 spiro atoms. The van der Waals surface area contributed by atoms with E-state index in [1.54, 1.807) is 41.3 Å². The van der Waals surface area contributed by atoms with E-state index in [-0.39, 0.29) is 27.7 Å². The summed E-state index contributed by atoms with van der Waals surface area (Å²) in [4.78, 5) is 14.6. The third-order valence-corrected chi connectivity index (χ3v) is 7.87. The predicted molar refractivity (Wildman–Crippen MR) is 137 cm³/mol. The van der Waals surface area contributed by atoms with Gasteiger partial charge in [-0.3, -0.25) is 9.52 Å². The zero-order valence-electron chi connectivity index (χ0n) is 19.2. The Hall–Kier alpha value is -3.83. The van der Waals surface area contributed by atoms with Crippen molar-refractivity contribution in [1.82, 2.24) is 10.2 Å². The molecule has 1 aliphatic heterocycles. The molecule has 36 heavy (non-hydrogen) atoms. The smallest absolute Gasteiger partial charge is 0.277 e. The lowest BCUT2D eigenvalue weighted by atomic mass is 10.2. The molecule has 0 radical (unpaired) electrons. The fourth-order valence-electron chi connectivity index (χ4n) is 3.83. The van der Waals surface area contributed by atoms with E-state index in [2.05, 4.69) is 14.9 Å². The fourth-order valence-corrected chi connectivity index (χ4v) is 5.53. The monoisotopic (exact) mass is 522 g/mol. The van der Waals surface area contributed by atoms with E-state index >= 15 is 0 Å². The summed E-state index contributed by atoms with van der Waals surface area (Å²) in [5.74, 6) is 1.02. The highest BCUT2D eigenvalue weighted by atomic mass is 32.2. The third kappa shape index (κ3) is 5.07. The van der Waals surface area contributed by atoms with Crippen molar-refractivity contribution in [1.29, 1.82) is 0 Å². The lowest BCUT2D eigenvalue weighted by Gasteiger charge is -2.16. The van der Waals surface area contributed by atoms with Gasteiger partial charge in [-0.25, -0.2) is 8.42 Å². The maximum Gasteiger partial charge on any atom is 0.277 e. The Kier molecular flexibility index (Phi) is 6.66. The van der Waals surface area contributed by atoms with Crippen LogP contribution >= 0.6 is 11.8 Å². The van der Waals surface area contributed by atoms with Gasteiger partial charge in [0.25, 0.3) is 15.2 Å². The summed E-state index contributed by atoms with van der Waals surface area (Å²) in [5, 5.41) is 8.37. The van der Waals surface area contributed by atoms with Crippen molar-refractivity contribution in [3.05, 3.63) is 78.4 Å². The number of amides is 1. The van der Waals surface area contributed by atoms with Crippen molar-refractivity contribution in [3.8, 4) is 17.2 Å². The molecule has 0 bridgehead atoms. The first-order valence-electron chi connectivity index (χ1n) is 11.0. The van der Waals surface area contributed by atoms with Crippen molar-refractivity contribution in [3.63, 3.8) is 0 Å². The summed E-state index contributed by atoms with van der Waals surface area (Å²) in [6, 6.07) is 20.6. The molecule has 0 aliphatic carbocycles. The number of nitrogens with one attached hydrogen (secondary N) is 1. The second-order valence-electron chi connectivity index (χ2n) is 7.94. The van der Waals surface area contributed by atoms with Crippen LogP contribution < -0.4 is 14.4 Å². The van der Waals surface area contributed by atoms with Gasteiger partial charge < -0.3 is 14.1 Å². The molecule has 4 aromatic rings. The summed E-state index contributed by atoms with van der Waals surface area (Å²) >= 11 is 1.18. The molecule has 9 nitrogen and oxygen atoms in total. The molecule has 2 heterocycles. The molecular formula is C25H22N4O5S2. The van der Waals surface area contributed by atoms with E-state index in [4.69, 9.17) is 9.15 Å². The lowest BCUT2D eigenvalue weighted by molar-refractivity contribution is -0.116. The number of fused-ring (bicyclic) bond motifs is 1. The number of methoxy groups -OCH3 is 1. The van der Waals surface area contributed by atoms with Crippen molar-refractivity contribution in [2.24, 2.45) is 0 Å². The number of carbonyl (C=O) groups is 1. The number of hydrogen-bond donors (Lipinski definition) is 1. The van der Waals surface area contributed by atoms with Gasteiger partial charge in [0, 0.05) is 23.5 Å². The van der Waals surface area contributed by atoms with Crippen LogP contribution in [0.15, 0.2) is 87.3 Å². The maximum atomic E-state index is 12.7. The number of nitrogens with zero attached hydrogens (tertiary/aromatic N) is 3. The molecule has 184 valence electrons. The Labute approximate surface area is 212 Å². The quantitative estimate of drug-likeness (QED) is 0.342. The van der Waals surface area contributed by atoms with Crippen molar-refractivity contribution >= 4 is 39.1 Å². The van der Waals surface area contributed by atoms with Crippen molar-refractivity contribution in [2.45, 2.75) is 16.5 Å². The molecule has 0 saturated heterocycles. The Morgan fingerprint density at radius 1 is 1.06 bits per heavy atom. The van der Waals surface area contributed by atoms with Gasteiger partial charge >= 0.3 is 0 Å². The second kappa shape index (κ2) is 10.0. The van der Waals surface area contributed by atoms with E-state index in [0.717, 1.165) is 12.1 Å². The van der Waals surface area contributed by atoms with Gasteiger partial charge in [-0.2, -0.15) is 0 Å². The van der Waals surface area contributed by atoms with Crippen LogP contribution in [0.1, 0.15) is 5.56 Å². The largest absolute Gasteiger partial charge is 0.497 e. The number of thioether (sulfide) groups is 1. The number of aromatic nitrogens is 2. The highest BCUT2D eigenvalue weighted by Crippen LogP contribution is 2.30. The number of benzene rings is 3. The molecule has 1 N–H and O–H groups in total. The molecule has 0 unspecified atom stereocenters. The van der Waals surface area contributed by atoms with E-state index in [1.165, 1.54) is 36.6 Å². The predicted octanol–water partition coefficient (Wildman–Crippen LogP) is 4.23. The number of carbonyl (C=O) groups excluding carboxylic acids is 1. The normalized spacial score (nSPS) is 12.9. The van der Waals surface area contributed by atoms with Crippen LogP contribution in [0.4, 0.5) is 11.4 Å². The lowest BCUT2D eigenvalue weighted by Crippen LogP contribution is -2.30. The SMILES string of the molecule is COc1ccc(S(=O)(=O)Nc2ccc(-c3nnc(SCC(=O)N4CCc5ccccc54)o3)cc2)cc1. The Morgan fingerprint density at radius 3 is 2.56 bits per heavy atom. The third-order valence-electron chi connectivity index (χ3n) is 5.67. The summed E-state index contributed by atoms with van der Waals surface area (Å²) in [6.45, 7) is 0.669. The van der Waals surface area contributed by atoms with Gasteiger partial charge in [0.2, 0.25) is 11.8 Å². The summed E-state index contributed by atoms with van der Waals surface area (Å²) in [7, 11) is -2.23. The Balaban J connectivity index is 1.20. The van der Waals surface area contributed by atoms with Gasteiger partial charge in [-0.1, -0.05) is 30.0 Å². The highest BCUT2D eigenvalue weighted by Gasteiger charge is 2.24. The minimum Gasteiger partial charge on any atom is -0.497 e. The zero-order valence-corrected chi connectivity index (χ0v) is 20.9. The number of para-hydroxylation sites is 1. The first-order chi connectivity index (χ1) is 17.4. The molecular weight excluding hydrogens is 500 g/mol. The van der Waals surface area contributed by atoms with Gasteiger partial charge in [-0.05, 0) is 66.6 Å². The van der Waals surface area contributed by atoms with Crippen molar-refractivity contribution < 1.29 is 22.4 Å². The van der Waals surface area contributed by atoms with Crippen molar-refractivity contribution in [2.75, 3.05) is 29.0 Å². The molecule has 1 aliphatic rings. The molecule has 3 aromatic carbocycles. The van der Waals surface area contributed by atoms with Crippen LogP contribution in [-0.4, -0.2) is 43.9 Å². The number of sulfonamides is 1. The molecule has 5 rings (SSSR count). The van der Waals surface area contributed by atoms with Gasteiger partial charge in [-0.15, -0.1) is 10.2 Å². The Bertz CT molecular complexity index is 1490. The standard InChI is InChI=1S/C25H22N4O5S2/c1-33-20-10-12-21(13-11-20)36(31,32)28-19-8-6-18(7-9-19)24-26-27-25(34-24)35-16-23(30)29-15-14-17-4-2-3-5-22(17)29/h2-13,28H,14-16H2,1H3. The van der Waals surface area contributed by atoms with E-state index in [0.29, 0.717) is 23.5 Å². The second-order valence-corrected chi connectivity index (χ2v) is 10.6. The maximum absolute atomic E-state index is 12.7. The van der Waals surface area contributed by atoms with Crippen LogP contribution in [0.2, 0.25) is 0 Å². The average molecular weight is 523 g/mol. The molecule has 0 saturated carbocycles. The molecule has 1 amide bonds. The summed E-state index contributed by atoms with van der Waals surface area (Å²) < 4.78 is 38.6. The highest BCUT2D eigenvalue weighted by molar-refractivity contribution is 7.99. The van der Waals surface area contributed by atoms with E-state index in [9.17, 15) is 13.2 Å². The fraction of sp³-hybridized carbons (Fsp3) is 0.160. The molecule has 1 aromatic heterocycles. The first-order valence-corrected chi connectivity index (χ1v) is 13.5. The summed E-state index contributed by atoms with van der Waals surface area (Å²) in [5.41, 5.74) is 3.14.